The summed E-state index contributed by atoms with van der Waals surface area (Å²) in [6.07, 6.45) is 3.53. The normalized spacial score (nSPS) is 22.6. The van der Waals surface area contributed by atoms with E-state index in [-0.39, 0.29) is 24.8 Å². The number of hydrogen-bond donors (Lipinski definition) is 1. The molecule has 3 heterocycles. The van der Waals surface area contributed by atoms with Crippen LogP contribution in [0, 0.1) is 0 Å². The Morgan fingerprint density at radius 1 is 1.39 bits per heavy atom. The van der Waals surface area contributed by atoms with Gasteiger partial charge in [-0.2, -0.15) is 5.10 Å². The standard InChI is InChI=1S/C12H19N3O.2ClH/c1-15-11-4-6-16-8-10(11)12(14-15)9-3-2-5-13-7-9;;/h9,13H,2-8H2,1H3;2*1H. The number of piperidine rings is 1. The summed E-state index contributed by atoms with van der Waals surface area (Å²) >= 11 is 0. The summed E-state index contributed by atoms with van der Waals surface area (Å²) in [5.74, 6) is 0.588. The molecule has 1 aromatic heterocycles. The van der Waals surface area contributed by atoms with Gasteiger partial charge in [0.15, 0.2) is 0 Å². The molecule has 0 amide bonds. The highest BCUT2D eigenvalue weighted by Crippen LogP contribution is 2.29. The predicted molar refractivity (Wildman–Crippen MR) is 75.9 cm³/mol. The lowest BCUT2D eigenvalue weighted by molar-refractivity contribution is 0.108. The fourth-order valence-electron chi connectivity index (χ4n) is 2.85. The highest BCUT2D eigenvalue weighted by Gasteiger charge is 2.26. The average Bonchev–Trinajstić information content (AvgIpc) is 2.69. The van der Waals surface area contributed by atoms with Crippen molar-refractivity contribution < 1.29 is 4.74 Å². The molecule has 4 nitrogen and oxygen atoms in total. The summed E-state index contributed by atoms with van der Waals surface area (Å²) in [7, 11) is 2.06. The summed E-state index contributed by atoms with van der Waals surface area (Å²) in [4.78, 5) is 0. The highest BCUT2D eigenvalue weighted by atomic mass is 35.5. The number of ether oxygens (including phenoxy) is 1. The zero-order chi connectivity index (χ0) is 11.0. The van der Waals surface area contributed by atoms with Gasteiger partial charge < -0.3 is 10.1 Å². The zero-order valence-corrected chi connectivity index (χ0v) is 12.3. The van der Waals surface area contributed by atoms with Crippen molar-refractivity contribution in [3.63, 3.8) is 0 Å². The second-order valence-corrected chi connectivity index (χ2v) is 4.78. The minimum absolute atomic E-state index is 0. The number of hydrogen-bond acceptors (Lipinski definition) is 3. The van der Waals surface area contributed by atoms with Gasteiger partial charge in [0.1, 0.15) is 0 Å². The Balaban J connectivity index is 0.000000810. The molecule has 0 spiro atoms. The fourth-order valence-corrected chi connectivity index (χ4v) is 2.85. The number of nitrogens with zero attached hydrogens (tertiary/aromatic N) is 2. The van der Waals surface area contributed by atoms with E-state index in [9.17, 15) is 0 Å². The maximum atomic E-state index is 5.57. The Morgan fingerprint density at radius 3 is 2.94 bits per heavy atom. The molecular weight excluding hydrogens is 273 g/mol. The van der Waals surface area contributed by atoms with Gasteiger partial charge in [-0.25, -0.2) is 0 Å². The number of nitrogens with one attached hydrogen (secondary N) is 1. The zero-order valence-electron chi connectivity index (χ0n) is 10.6. The molecule has 2 aliphatic heterocycles. The SMILES string of the molecule is Cl.Cl.Cn1nc(C2CCCNC2)c2c1CCOC2. The summed E-state index contributed by atoms with van der Waals surface area (Å²) in [6.45, 7) is 3.83. The Morgan fingerprint density at radius 2 is 2.22 bits per heavy atom. The van der Waals surface area contributed by atoms with Crippen LogP contribution in [0.15, 0.2) is 0 Å². The molecule has 1 saturated heterocycles. The summed E-state index contributed by atoms with van der Waals surface area (Å²) in [5.41, 5.74) is 4.03. The van der Waals surface area contributed by atoms with Crippen molar-refractivity contribution in [2.45, 2.75) is 31.8 Å². The van der Waals surface area contributed by atoms with E-state index in [1.54, 1.807) is 0 Å². The minimum atomic E-state index is 0. The quantitative estimate of drug-likeness (QED) is 0.858. The summed E-state index contributed by atoms with van der Waals surface area (Å²) in [6, 6.07) is 0. The molecule has 104 valence electrons. The van der Waals surface area contributed by atoms with Gasteiger partial charge in [-0.3, -0.25) is 4.68 Å². The Hall–Kier alpha value is -0.290. The van der Waals surface area contributed by atoms with E-state index in [0.29, 0.717) is 5.92 Å². The van der Waals surface area contributed by atoms with Crippen molar-refractivity contribution in [2.24, 2.45) is 7.05 Å². The summed E-state index contributed by atoms with van der Waals surface area (Å²) < 4.78 is 7.62. The molecule has 1 unspecified atom stereocenters. The van der Waals surface area contributed by atoms with Gasteiger partial charge in [-0.05, 0) is 19.4 Å². The highest BCUT2D eigenvalue weighted by molar-refractivity contribution is 5.85. The third-order valence-electron chi connectivity index (χ3n) is 3.72. The molecule has 0 aliphatic carbocycles. The number of rotatable bonds is 1. The molecular formula is C12H21Cl2N3O. The Kier molecular flexibility index (Phi) is 5.92. The van der Waals surface area contributed by atoms with Crippen LogP contribution in [0.1, 0.15) is 35.7 Å². The van der Waals surface area contributed by atoms with Crippen molar-refractivity contribution >= 4 is 24.8 Å². The molecule has 3 rings (SSSR count). The van der Waals surface area contributed by atoms with Crippen molar-refractivity contribution in [3.8, 4) is 0 Å². The van der Waals surface area contributed by atoms with E-state index in [1.807, 2.05) is 0 Å². The topological polar surface area (TPSA) is 39.1 Å². The summed E-state index contributed by atoms with van der Waals surface area (Å²) in [5, 5.41) is 8.17. The Bertz CT molecular complexity index is 389. The van der Waals surface area contributed by atoms with E-state index in [4.69, 9.17) is 9.84 Å². The van der Waals surface area contributed by atoms with Gasteiger partial charge in [0.05, 0.1) is 18.9 Å². The lowest BCUT2D eigenvalue weighted by Crippen LogP contribution is -2.29. The fraction of sp³-hybridized carbons (Fsp3) is 0.750. The largest absolute Gasteiger partial charge is 0.376 e. The minimum Gasteiger partial charge on any atom is -0.376 e. The van der Waals surface area contributed by atoms with Gasteiger partial charge >= 0.3 is 0 Å². The Labute approximate surface area is 120 Å². The monoisotopic (exact) mass is 293 g/mol. The number of fused-ring (bicyclic) bond motifs is 1. The third-order valence-corrected chi connectivity index (χ3v) is 3.72. The van der Waals surface area contributed by atoms with Crippen molar-refractivity contribution in [2.75, 3.05) is 19.7 Å². The van der Waals surface area contributed by atoms with Crippen LogP contribution in [-0.2, 0) is 24.8 Å². The first-order valence-corrected chi connectivity index (χ1v) is 6.19. The second kappa shape index (κ2) is 6.75. The predicted octanol–water partition coefficient (Wildman–Crippen LogP) is 1.80. The van der Waals surface area contributed by atoms with Crippen molar-refractivity contribution in [3.05, 3.63) is 17.0 Å². The van der Waals surface area contributed by atoms with E-state index < -0.39 is 0 Å². The van der Waals surface area contributed by atoms with Gasteiger partial charge in [0.25, 0.3) is 0 Å². The van der Waals surface area contributed by atoms with E-state index in [1.165, 1.54) is 29.8 Å². The number of aromatic nitrogens is 2. The van der Waals surface area contributed by atoms with E-state index >= 15 is 0 Å². The van der Waals surface area contributed by atoms with Crippen LogP contribution < -0.4 is 5.32 Å². The van der Waals surface area contributed by atoms with Gasteiger partial charge in [0, 0.05) is 37.2 Å². The van der Waals surface area contributed by atoms with Crippen LogP contribution in [0.3, 0.4) is 0 Å². The first-order chi connectivity index (χ1) is 7.86. The van der Waals surface area contributed by atoms with Crippen molar-refractivity contribution in [1.29, 1.82) is 0 Å². The molecule has 1 aromatic rings. The van der Waals surface area contributed by atoms with Crippen LogP contribution in [0.4, 0.5) is 0 Å². The average molecular weight is 294 g/mol. The van der Waals surface area contributed by atoms with Gasteiger partial charge in [-0.1, -0.05) is 0 Å². The molecule has 1 fully saturated rings. The molecule has 6 heteroatoms. The van der Waals surface area contributed by atoms with E-state index in [0.717, 1.165) is 32.7 Å². The molecule has 0 bridgehead atoms. The first-order valence-electron chi connectivity index (χ1n) is 6.19. The van der Waals surface area contributed by atoms with Crippen LogP contribution in [0.25, 0.3) is 0 Å². The number of aryl methyl sites for hydroxylation is 1. The third kappa shape index (κ3) is 2.82. The van der Waals surface area contributed by atoms with Crippen LogP contribution in [-0.4, -0.2) is 29.5 Å². The maximum absolute atomic E-state index is 5.57. The molecule has 0 aromatic carbocycles. The number of halogens is 2. The molecule has 18 heavy (non-hydrogen) atoms. The maximum Gasteiger partial charge on any atom is 0.0753 e. The lowest BCUT2D eigenvalue weighted by atomic mass is 9.92. The van der Waals surface area contributed by atoms with Gasteiger partial charge in [0.2, 0.25) is 0 Å². The smallest absolute Gasteiger partial charge is 0.0753 e. The molecule has 0 saturated carbocycles. The molecule has 2 aliphatic rings. The second-order valence-electron chi connectivity index (χ2n) is 4.78. The molecule has 1 atom stereocenters. The van der Waals surface area contributed by atoms with Crippen molar-refractivity contribution in [1.82, 2.24) is 15.1 Å². The first kappa shape index (κ1) is 15.8. The molecule has 0 radical (unpaired) electrons. The molecule has 1 N–H and O–H groups in total. The van der Waals surface area contributed by atoms with Gasteiger partial charge in [-0.15, -0.1) is 24.8 Å². The van der Waals surface area contributed by atoms with Crippen LogP contribution >= 0.6 is 24.8 Å². The lowest BCUT2D eigenvalue weighted by Gasteiger charge is -2.23. The van der Waals surface area contributed by atoms with E-state index in [2.05, 4.69) is 17.0 Å². The van der Waals surface area contributed by atoms with Crippen LogP contribution in [0.2, 0.25) is 0 Å². The van der Waals surface area contributed by atoms with Crippen LogP contribution in [0.5, 0.6) is 0 Å².